The van der Waals surface area contributed by atoms with Gasteiger partial charge in [0.2, 0.25) is 5.91 Å². The summed E-state index contributed by atoms with van der Waals surface area (Å²) in [7, 11) is 0. The molecule has 154 valence electrons. The van der Waals surface area contributed by atoms with Crippen molar-refractivity contribution in [3.63, 3.8) is 0 Å². The lowest BCUT2D eigenvalue weighted by molar-refractivity contribution is -0.115. The van der Waals surface area contributed by atoms with E-state index in [-0.39, 0.29) is 18.1 Å². The molecule has 0 saturated carbocycles. The molecule has 0 saturated heterocycles. The van der Waals surface area contributed by atoms with Gasteiger partial charge in [0.25, 0.3) is 5.91 Å². The van der Waals surface area contributed by atoms with E-state index in [0.29, 0.717) is 28.8 Å². The summed E-state index contributed by atoms with van der Waals surface area (Å²) in [5, 5.41) is 5.59. The van der Waals surface area contributed by atoms with Gasteiger partial charge < -0.3 is 20.1 Å². The lowest BCUT2D eigenvalue weighted by Gasteiger charge is -2.09. The summed E-state index contributed by atoms with van der Waals surface area (Å²) in [5.41, 5.74) is 0.722. The number of amides is 2. The third-order valence-corrected chi connectivity index (χ3v) is 4.11. The van der Waals surface area contributed by atoms with E-state index in [9.17, 15) is 9.59 Å². The summed E-state index contributed by atoms with van der Waals surface area (Å²) in [4.78, 5) is 28.0. The van der Waals surface area contributed by atoms with Crippen LogP contribution in [0.5, 0.6) is 17.2 Å². The van der Waals surface area contributed by atoms with Crippen molar-refractivity contribution in [1.82, 2.24) is 10.3 Å². The first-order valence-corrected chi connectivity index (χ1v) is 9.61. The fourth-order valence-corrected chi connectivity index (χ4v) is 2.66. The number of nitrogens with zero attached hydrogens (tertiary/aromatic N) is 1. The van der Waals surface area contributed by atoms with Crippen molar-refractivity contribution < 1.29 is 19.1 Å². The molecule has 0 aliphatic carbocycles. The molecule has 0 bridgehead atoms. The van der Waals surface area contributed by atoms with Crippen LogP contribution in [0.25, 0.3) is 0 Å². The van der Waals surface area contributed by atoms with Gasteiger partial charge in [-0.05, 0) is 67.6 Å². The normalized spacial score (nSPS) is 10.2. The zero-order chi connectivity index (χ0) is 21.3. The molecule has 2 aromatic carbocycles. The fourth-order valence-electron chi connectivity index (χ4n) is 2.50. The van der Waals surface area contributed by atoms with Crippen LogP contribution in [0.1, 0.15) is 17.4 Å². The second-order valence-electron chi connectivity index (χ2n) is 6.12. The van der Waals surface area contributed by atoms with Crippen LogP contribution in [-0.4, -0.2) is 29.9 Å². The summed E-state index contributed by atoms with van der Waals surface area (Å²) < 4.78 is 11.2. The van der Waals surface area contributed by atoms with Gasteiger partial charge in [-0.15, -0.1) is 0 Å². The minimum atomic E-state index is -0.480. The smallest absolute Gasteiger partial charge is 0.270 e. The van der Waals surface area contributed by atoms with E-state index < -0.39 is 5.91 Å². The SMILES string of the molecule is CCOc1ccc(Oc2ccc(NC(=O)CNC(=O)c3cc(Cl)ccn3)cc2)cc1. The number of rotatable bonds is 8. The van der Waals surface area contributed by atoms with Gasteiger partial charge in [-0.1, -0.05) is 11.6 Å². The van der Waals surface area contributed by atoms with Crippen molar-refractivity contribution >= 4 is 29.1 Å². The number of halogens is 1. The van der Waals surface area contributed by atoms with Gasteiger partial charge in [-0.3, -0.25) is 14.6 Å². The van der Waals surface area contributed by atoms with E-state index in [1.54, 1.807) is 30.3 Å². The van der Waals surface area contributed by atoms with Crippen molar-refractivity contribution in [1.29, 1.82) is 0 Å². The third kappa shape index (κ3) is 6.22. The molecule has 1 heterocycles. The Morgan fingerprint density at radius 2 is 1.60 bits per heavy atom. The molecular formula is C22H20ClN3O4. The summed E-state index contributed by atoms with van der Waals surface area (Å²) in [6.07, 6.45) is 1.42. The Morgan fingerprint density at radius 3 is 2.23 bits per heavy atom. The molecule has 0 aliphatic rings. The van der Waals surface area contributed by atoms with Gasteiger partial charge in [0.05, 0.1) is 13.2 Å². The highest BCUT2D eigenvalue weighted by Crippen LogP contribution is 2.25. The summed E-state index contributed by atoms with van der Waals surface area (Å²) in [6, 6.07) is 17.2. The molecule has 0 spiro atoms. The Hall–Kier alpha value is -3.58. The molecule has 0 unspecified atom stereocenters. The van der Waals surface area contributed by atoms with Gasteiger partial charge >= 0.3 is 0 Å². The predicted molar refractivity (Wildman–Crippen MR) is 114 cm³/mol. The lowest BCUT2D eigenvalue weighted by atomic mass is 10.3. The average molecular weight is 426 g/mol. The second-order valence-corrected chi connectivity index (χ2v) is 6.56. The first kappa shape index (κ1) is 21.1. The molecule has 30 heavy (non-hydrogen) atoms. The first-order chi connectivity index (χ1) is 14.5. The number of benzene rings is 2. The third-order valence-electron chi connectivity index (χ3n) is 3.87. The van der Waals surface area contributed by atoms with Crippen LogP contribution in [0, 0.1) is 0 Å². The number of pyridine rings is 1. The van der Waals surface area contributed by atoms with E-state index in [0.717, 1.165) is 5.75 Å². The van der Waals surface area contributed by atoms with Crippen LogP contribution in [0.15, 0.2) is 66.9 Å². The van der Waals surface area contributed by atoms with Crippen molar-refractivity contribution in [3.05, 3.63) is 77.6 Å². The molecule has 3 rings (SSSR count). The molecule has 0 aliphatic heterocycles. The number of hydrogen-bond donors (Lipinski definition) is 2. The molecule has 2 N–H and O–H groups in total. The van der Waals surface area contributed by atoms with Crippen LogP contribution in [0.2, 0.25) is 5.02 Å². The van der Waals surface area contributed by atoms with E-state index in [1.807, 2.05) is 31.2 Å². The molecule has 0 radical (unpaired) electrons. The Balaban J connectivity index is 1.48. The number of aromatic nitrogens is 1. The largest absolute Gasteiger partial charge is 0.494 e. The topological polar surface area (TPSA) is 89.5 Å². The molecule has 2 amide bonds. The Bertz CT molecular complexity index is 1010. The number of hydrogen-bond acceptors (Lipinski definition) is 5. The maximum absolute atomic E-state index is 12.1. The van der Waals surface area contributed by atoms with Gasteiger partial charge in [-0.25, -0.2) is 0 Å². The van der Waals surface area contributed by atoms with Crippen LogP contribution in [0.3, 0.4) is 0 Å². The first-order valence-electron chi connectivity index (χ1n) is 9.24. The summed E-state index contributed by atoms with van der Waals surface area (Å²) in [5.74, 6) is 1.23. The standard InChI is InChI=1S/C22H20ClN3O4/c1-2-29-17-7-9-19(10-8-17)30-18-5-3-16(4-6-18)26-21(27)14-25-22(28)20-13-15(23)11-12-24-20/h3-13H,2,14H2,1H3,(H,25,28)(H,26,27). The maximum Gasteiger partial charge on any atom is 0.270 e. The highest BCUT2D eigenvalue weighted by atomic mass is 35.5. The second kappa shape index (κ2) is 10.3. The van der Waals surface area contributed by atoms with E-state index in [4.69, 9.17) is 21.1 Å². The van der Waals surface area contributed by atoms with E-state index in [1.165, 1.54) is 12.3 Å². The average Bonchev–Trinajstić information content (AvgIpc) is 2.75. The van der Waals surface area contributed by atoms with Gasteiger partial charge in [0.15, 0.2) is 0 Å². The zero-order valence-electron chi connectivity index (χ0n) is 16.2. The molecule has 1 aromatic heterocycles. The van der Waals surface area contributed by atoms with E-state index in [2.05, 4.69) is 15.6 Å². The lowest BCUT2D eigenvalue weighted by Crippen LogP contribution is -2.33. The van der Waals surface area contributed by atoms with Crippen LogP contribution < -0.4 is 20.1 Å². The number of ether oxygens (including phenoxy) is 2. The van der Waals surface area contributed by atoms with E-state index >= 15 is 0 Å². The number of anilines is 1. The molecule has 3 aromatic rings. The summed E-state index contributed by atoms with van der Waals surface area (Å²) in [6.45, 7) is 2.33. The minimum absolute atomic E-state index is 0.145. The van der Waals surface area contributed by atoms with Gasteiger partial charge in [-0.2, -0.15) is 0 Å². The highest BCUT2D eigenvalue weighted by Gasteiger charge is 2.10. The fraction of sp³-hybridized carbons (Fsp3) is 0.136. The molecule has 7 nitrogen and oxygen atoms in total. The van der Waals surface area contributed by atoms with Crippen LogP contribution in [-0.2, 0) is 4.79 Å². The quantitative estimate of drug-likeness (QED) is 0.561. The highest BCUT2D eigenvalue weighted by molar-refractivity contribution is 6.30. The van der Waals surface area contributed by atoms with Crippen LogP contribution in [0.4, 0.5) is 5.69 Å². The number of nitrogens with one attached hydrogen (secondary N) is 2. The number of carbonyl (C=O) groups excluding carboxylic acids is 2. The van der Waals surface area contributed by atoms with Crippen molar-refractivity contribution in [2.24, 2.45) is 0 Å². The Labute approximate surface area is 179 Å². The predicted octanol–water partition coefficient (Wildman–Crippen LogP) is 4.29. The molecule has 0 atom stereocenters. The monoisotopic (exact) mass is 425 g/mol. The molecule has 0 fully saturated rings. The van der Waals surface area contributed by atoms with Crippen LogP contribution >= 0.6 is 11.6 Å². The van der Waals surface area contributed by atoms with Gasteiger partial charge in [0, 0.05) is 16.9 Å². The zero-order valence-corrected chi connectivity index (χ0v) is 17.0. The summed E-state index contributed by atoms with van der Waals surface area (Å²) >= 11 is 5.83. The van der Waals surface area contributed by atoms with Crippen molar-refractivity contribution in [2.75, 3.05) is 18.5 Å². The van der Waals surface area contributed by atoms with Crippen molar-refractivity contribution in [3.8, 4) is 17.2 Å². The minimum Gasteiger partial charge on any atom is -0.494 e. The van der Waals surface area contributed by atoms with Crippen molar-refractivity contribution in [2.45, 2.75) is 6.92 Å². The van der Waals surface area contributed by atoms with Gasteiger partial charge in [0.1, 0.15) is 22.9 Å². The maximum atomic E-state index is 12.1. The Morgan fingerprint density at radius 1 is 0.967 bits per heavy atom. The number of carbonyl (C=O) groups is 2. The molecular weight excluding hydrogens is 406 g/mol. The Kier molecular flexibility index (Phi) is 7.24. The molecule has 8 heteroatoms.